The molecule has 1 aromatic heterocycles. The van der Waals surface area contributed by atoms with Crippen molar-refractivity contribution in [1.29, 1.82) is 0 Å². The quantitative estimate of drug-likeness (QED) is 0.792. The van der Waals surface area contributed by atoms with Crippen molar-refractivity contribution in [3.63, 3.8) is 0 Å². The van der Waals surface area contributed by atoms with Gasteiger partial charge in [0.1, 0.15) is 0 Å². The third-order valence-electron chi connectivity index (χ3n) is 3.20. The summed E-state index contributed by atoms with van der Waals surface area (Å²) in [7, 11) is 0. The minimum Gasteiger partial charge on any atom is -0.396 e. The molecule has 0 amide bonds. The van der Waals surface area contributed by atoms with Crippen molar-refractivity contribution in [2.24, 2.45) is 0 Å². The summed E-state index contributed by atoms with van der Waals surface area (Å²) >= 11 is 1.73. The molecule has 1 aliphatic heterocycles. The smallest absolute Gasteiger partial charge is 0.0960 e. The first-order valence-corrected chi connectivity index (χ1v) is 7.31. The summed E-state index contributed by atoms with van der Waals surface area (Å²) in [6.07, 6.45) is 3.49. The number of rotatable bonds is 6. The summed E-state index contributed by atoms with van der Waals surface area (Å²) in [5.41, 5.74) is 1.31. The maximum absolute atomic E-state index is 8.74. The number of hydrogen-bond acceptors (Lipinski definition) is 4. The molecule has 1 N–H and O–H groups in total. The predicted octanol–water partition coefficient (Wildman–Crippen LogP) is 2.28. The van der Waals surface area contributed by atoms with Crippen LogP contribution in [0.3, 0.4) is 0 Å². The van der Waals surface area contributed by atoms with Gasteiger partial charge in [0, 0.05) is 19.7 Å². The number of ether oxygens (including phenoxy) is 1. The largest absolute Gasteiger partial charge is 0.396 e. The SMILES string of the molecule is OCCCCCN1CCOC(c2ccsc2)C1. The number of aliphatic hydroxyl groups excluding tert-OH is 1. The van der Waals surface area contributed by atoms with Gasteiger partial charge in [0.05, 0.1) is 12.7 Å². The second-order valence-corrected chi connectivity index (χ2v) is 5.28. The van der Waals surface area contributed by atoms with Crippen molar-refractivity contribution < 1.29 is 9.84 Å². The maximum Gasteiger partial charge on any atom is 0.0960 e. The summed E-state index contributed by atoms with van der Waals surface area (Å²) < 4.78 is 5.81. The van der Waals surface area contributed by atoms with Gasteiger partial charge in [-0.15, -0.1) is 0 Å². The van der Waals surface area contributed by atoms with E-state index >= 15 is 0 Å². The van der Waals surface area contributed by atoms with Crippen molar-refractivity contribution in [1.82, 2.24) is 4.90 Å². The van der Waals surface area contributed by atoms with Gasteiger partial charge in [-0.3, -0.25) is 4.90 Å². The Balaban J connectivity index is 1.73. The van der Waals surface area contributed by atoms with Crippen molar-refractivity contribution in [2.45, 2.75) is 25.4 Å². The summed E-state index contributed by atoms with van der Waals surface area (Å²) in [6.45, 7) is 4.33. The van der Waals surface area contributed by atoms with Crippen LogP contribution in [-0.2, 0) is 4.74 Å². The minimum atomic E-state index is 0.257. The van der Waals surface area contributed by atoms with Crippen LogP contribution in [0.1, 0.15) is 30.9 Å². The molecule has 0 saturated carbocycles. The van der Waals surface area contributed by atoms with Crippen LogP contribution < -0.4 is 0 Å². The average Bonchev–Trinajstić information content (AvgIpc) is 2.89. The van der Waals surface area contributed by atoms with Gasteiger partial charge in [-0.25, -0.2) is 0 Å². The van der Waals surface area contributed by atoms with Gasteiger partial charge >= 0.3 is 0 Å². The first-order valence-electron chi connectivity index (χ1n) is 6.37. The zero-order valence-electron chi connectivity index (χ0n) is 10.2. The predicted molar refractivity (Wildman–Crippen MR) is 70.4 cm³/mol. The van der Waals surface area contributed by atoms with E-state index in [1.54, 1.807) is 11.3 Å². The number of thiophene rings is 1. The first-order chi connectivity index (χ1) is 8.40. The number of unbranched alkanes of at least 4 members (excludes halogenated alkanes) is 2. The van der Waals surface area contributed by atoms with Crippen LogP contribution in [0.2, 0.25) is 0 Å². The van der Waals surface area contributed by atoms with Crippen LogP contribution in [0.5, 0.6) is 0 Å². The standard InChI is InChI=1S/C13H21NO2S/c15-7-3-1-2-5-14-6-8-16-13(10-14)12-4-9-17-11-12/h4,9,11,13,15H,1-3,5-8,10H2. The molecular weight excluding hydrogens is 234 g/mol. The number of hydrogen-bond donors (Lipinski definition) is 1. The molecule has 3 nitrogen and oxygen atoms in total. The lowest BCUT2D eigenvalue weighted by Gasteiger charge is -2.32. The van der Waals surface area contributed by atoms with E-state index in [0.29, 0.717) is 6.61 Å². The minimum absolute atomic E-state index is 0.257. The van der Waals surface area contributed by atoms with E-state index in [2.05, 4.69) is 21.7 Å². The van der Waals surface area contributed by atoms with E-state index in [0.717, 1.165) is 39.1 Å². The van der Waals surface area contributed by atoms with Gasteiger partial charge in [0.15, 0.2) is 0 Å². The van der Waals surface area contributed by atoms with Gasteiger partial charge < -0.3 is 9.84 Å². The lowest BCUT2D eigenvalue weighted by atomic mass is 10.1. The Kier molecular flexibility index (Phi) is 5.45. The fourth-order valence-electron chi connectivity index (χ4n) is 2.19. The van der Waals surface area contributed by atoms with Gasteiger partial charge in [-0.2, -0.15) is 11.3 Å². The van der Waals surface area contributed by atoms with Gasteiger partial charge in [-0.1, -0.05) is 0 Å². The molecule has 17 heavy (non-hydrogen) atoms. The Morgan fingerprint density at radius 2 is 2.35 bits per heavy atom. The number of aliphatic hydroxyl groups is 1. The second kappa shape index (κ2) is 7.11. The molecule has 0 aliphatic carbocycles. The molecule has 0 aromatic carbocycles. The van der Waals surface area contributed by atoms with Crippen LogP contribution in [0.4, 0.5) is 0 Å². The highest BCUT2D eigenvalue weighted by molar-refractivity contribution is 7.07. The third kappa shape index (κ3) is 4.07. The summed E-state index contributed by atoms with van der Waals surface area (Å²) in [5, 5.41) is 13.0. The lowest BCUT2D eigenvalue weighted by molar-refractivity contribution is -0.0302. The Bertz CT molecular complexity index is 302. The molecule has 96 valence electrons. The normalized spacial score (nSPS) is 21.8. The van der Waals surface area contributed by atoms with Gasteiger partial charge in [0.2, 0.25) is 0 Å². The van der Waals surface area contributed by atoms with Crippen LogP contribution in [-0.4, -0.2) is 42.9 Å². The van der Waals surface area contributed by atoms with Crippen molar-refractivity contribution in [3.05, 3.63) is 22.4 Å². The highest BCUT2D eigenvalue weighted by Crippen LogP contribution is 2.24. The second-order valence-electron chi connectivity index (χ2n) is 4.50. The van der Waals surface area contributed by atoms with Crippen molar-refractivity contribution in [2.75, 3.05) is 32.8 Å². The van der Waals surface area contributed by atoms with E-state index in [1.165, 1.54) is 12.0 Å². The molecule has 4 heteroatoms. The van der Waals surface area contributed by atoms with E-state index < -0.39 is 0 Å². The fraction of sp³-hybridized carbons (Fsp3) is 0.692. The van der Waals surface area contributed by atoms with E-state index in [9.17, 15) is 0 Å². The molecule has 0 radical (unpaired) electrons. The zero-order valence-corrected chi connectivity index (χ0v) is 11.0. The van der Waals surface area contributed by atoms with Gasteiger partial charge in [-0.05, 0) is 48.2 Å². The van der Waals surface area contributed by atoms with E-state index in [-0.39, 0.29) is 6.10 Å². The van der Waals surface area contributed by atoms with Crippen molar-refractivity contribution in [3.8, 4) is 0 Å². The van der Waals surface area contributed by atoms with Crippen LogP contribution >= 0.6 is 11.3 Å². The topological polar surface area (TPSA) is 32.7 Å². The molecule has 1 aromatic rings. The summed E-state index contributed by atoms with van der Waals surface area (Å²) in [6, 6.07) is 2.16. The Morgan fingerprint density at radius 1 is 1.41 bits per heavy atom. The molecule has 1 aliphatic rings. The maximum atomic E-state index is 8.74. The van der Waals surface area contributed by atoms with Gasteiger partial charge in [0.25, 0.3) is 0 Å². The lowest BCUT2D eigenvalue weighted by Crippen LogP contribution is -2.38. The Labute approximate surface area is 107 Å². The molecule has 1 fully saturated rings. The van der Waals surface area contributed by atoms with Crippen LogP contribution in [0, 0.1) is 0 Å². The number of nitrogens with zero attached hydrogens (tertiary/aromatic N) is 1. The highest BCUT2D eigenvalue weighted by Gasteiger charge is 2.21. The highest BCUT2D eigenvalue weighted by atomic mass is 32.1. The van der Waals surface area contributed by atoms with Crippen LogP contribution in [0.25, 0.3) is 0 Å². The molecule has 2 heterocycles. The zero-order chi connectivity index (χ0) is 11.9. The molecule has 1 saturated heterocycles. The molecule has 0 bridgehead atoms. The first kappa shape index (κ1) is 13.0. The molecule has 1 atom stereocenters. The van der Waals surface area contributed by atoms with E-state index in [1.807, 2.05) is 0 Å². The average molecular weight is 255 g/mol. The molecular formula is C13H21NO2S. The third-order valence-corrected chi connectivity index (χ3v) is 3.90. The molecule has 0 spiro atoms. The Hall–Kier alpha value is -0.420. The molecule has 2 rings (SSSR count). The fourth-order valence-corrected chi connectivity index (χ4v) is 2.89. The Morgan fingerprint density at radius 3 is 3.12 bits per heavy atom. The van der Waals surface area contributed by atoms with Crippen molar-refractivity contribution >= 4 is 11.3 Å². The number of morpholine rings is 1. The van der Waals surface area contributed by atoms with E-state index in [4.69, 9.17) is 9.84 Å². The monoisotopic (exact) mass is 255 g/mol. The molecule has 1 unspecified atom stereocenters. The van der Waals surface area contributed by atoms with Crippen LogP contribution in [0.15, 0.2) is 16.8 Å². The summed E-state index contributed by atoms with van der Waals surface area (Å²) in [5.74, 6) is 0. The summed E-state index contributed by atoms with van der Waals surface area (Å²) in [4.78, 5) is 2.48.